The molecule has 4 nitrogen and oxygen atoms in total. The molecule has 0 amide bonds. The van der Waals surface area contributed by atoms with Gasteiger partial charge in [-0.2, -0.15) is 0 Å². The van der Waals surface area contributed by atoms with Crippen LogP contribution in [0.2, 0.25) is 0 Å². The third kappa shape index (κ3) is 4.79. The Morgan fingerprint density at radius 3 is 1.23 bits per heavy atom. The predicted octanol–water partition coefficient (Wildman–Crippen LogP) is 12.4. The summed E-state index contributed by atoms with van der Waals surface area (Å²) in [5, 5.41) is 0. The molecule has 8 bridgehead atoms. The largest absolute Gasteiger partial charge is 0.354 e. The minimum atomic E-state index is 1.08. The second-order valence-corrected chi connectivity index (χ2v) is 15.9. The summed E-state index contributed by atoms with van der Waals surface area (Å²) in [6.07, 6.45) is 18.7. The van der Waals surface area contributed by atoms with Crippen LogP contribution < -0.4 is 0 Å². The van der Waals surface area contributed by atoms with Crippen molar-refractivity contribution in [1.29, 1.82) is 0 Å². The molecule has 0 saturated carbocycles. The normalized spacial score (nSPS) is 18.2. The van der Waals surface area contributed by atoms with E-state index in [4.69, 9.17) is 9.97 Å². The molecule has 0 fully saturated rings. The number of fused-ring (bicyclic) bond motifs is 18. The highest BCUT2D eigenvalue weighted by atomic mass is 14.8. The van der Waals surface area contributed by atoms with Crippen molar-refractivity contribution in [2.24, 2.45) is 0 Å². The van der Waals surface area contributed by atoms with Gasteiger partial charge in [-0.1, -0.05) is 60.7 Å². The topological polar surface area (TPSA) is 57.4 Å². The summed E-state index contributed by atoms with van der Waals surface area (Å²) >= 11 is 0. The average molecular weight is 679 g/mol. The van der Waals surface area contributed by atoms with Gasteiger partial charge in [0.05, 0.1) is 33.8 Å². The van der Waals surface area contributed by atoms with Crippen LogP contribution in [0.3, 0.4) is 0 Å². The first-order valence-electron chi connectivity index (χ1n) is 20.2. The van der Waals surface area contributed by atoms with Crippen molar-refractivity contribution in [3.8, 4) is 22.3 Å². The minimum Gasteiger partial charge on any atom is -0.354 e. The average Bonchev–Trinajstić information content (AvgIpc) is 3.96. The Balaban J connectivity index is 1.36. The summed E-state index contributed by atoms with van der Waals surface area (Å²) in [5.41, 5.74) is 26.8. The SMILES string of the molecule is c1ccc(-c2c3nc(cc4[nH]c(c5c4CCCC5)c(-c4ccccc4)c4[nH]c(cc5nc2C2=C5CCCC2)c2c4CCCC2)C2=C3CCCC2)cc1. The molecular formula is C48H46N4. The highest BCUT2D eigenvalue weighted by molar-refractivity contribution is 6.04. The number of allylic oxidation sites excluding steroid dienone is 4. The molecule has 0 atom stereocenters. The van der Waals surface area contributed by atoms with Gasteiger partial charge in [0.2, 0.25) is 0 Å². The lowest BCUT2D eigenvalue weighted by Gasteiger charge is -2.18. The van der Waals surface area contributed by atoms with Crippen LogP contribution in [0.4, 0.5) is 0 Å². The van der Waals surface area contributed by atoms with Crippen LogP contribution in [0.15, 0.2) is 72.8 Å². The van der Waals surface area contributed by atoms with Crippen LogP contribution in [0.1, 0.15) is 122 Å². The van der Waals surface area contributed by atoms with Gasteiger partial charge < -0.3 is 9.97 Å². The van der Waals surface area contributed by atoms with Crippen LogP contribution in [0, 0.1) is 0 Å². The third-order valence-corrected chi connectivity index (χ3v) is 13.0. The molecule has 4 heteroatoms. The number of aromatic nitrogens is 4. The molecule has 0 radical (unpaired) electrons. The van der Waals surface area contributed by atoms with Gasteiger partial charge in [-0.3, -0.25) is 0 Å². The van der Waals surface area contributed by atoms with E-state index in [-0.39, 0.29) is 0 Å². The van der Waals surface area contributed by atoms with Gasteiger partial charge in [0.15, 0.2) is 0 Å². The van der Waals surface area contributed by atoms with Crippen molar-refractivity contribution in [2.75, 3.05) is 0 Å². The monoisotopic (exact) mass is 678 g/mol. The molecule has 5 heterocycles. The Kier molecular flexibility index (Phi) is 7.27. The fourth-order valence-electron chi connectivity index (χ4n) is 10.5. The molecule has 2 aliphatic heterocycles. The lowest BCUT2D eigenvalue weighted by Crippen LogP contribution is -2.01. The Morgan fingerprint density at radius 2 is 0.769 bits per heavy atom. The maximum atomic E-state index is 5.72. The molecule has 0 unspecified atom stereocenters. The van der Waals surface area contributed by atoms with E-state index in [9.17, 15) is 0 Å². The number of benzene rings is 2. The molecule has 258 valence electrons. The number of hydrogen-bond donors (Lipinski definition) is 2. The third-order valence-electron chi connectivity index (χ3n) is 13.0. The molecule has 2 aromatic carbocycles. The molecule has 52 heavy (non-hydrogen) atoms. The summed E-state index contributed by atoms with van der Waals surface area (Å²) in [5.74, 6) is 0. The maximum absolute atomic E-state index is 5.72. The van der Waals surface area contributed by atoms with E-state index >= 15 is 0 Å². The highest BCUT2D eigenvalue weighted by Gasteiger charge is 2.32. The van der Waals surface area contributed by atoms with E-state index in [0.717, 1.165) is 51.4 Å². The summed E-state index contributed by atoms with van der Waals surface area (Å²) < 4.78 is 0. The van der Waals surface area contributed by atoms with Crippen molar-refractivity contribution in [1.82, 2.24) is 19.9 Å². The van der Waals surface area contributed by atoms with Crippen molar-refractivity contribution >= 4 is 44.4 Å². The van der Waals surface area contributed by atoms with Crippen LogP contribution in [-0.2, 0) is 25.7 Å². The van der Waals surface area contributed by atoms with E-state index < -0.39 is 0 Å². The molecule has 3 aromatic heterocycles. The number of rotatable bonds is 2. The van der Waals surface area contributed by atoms with Gasteiger partial charge in [-0.15, -0.1) is 0 Å². The Labute approximate surface area is 306 Å². The number of nitrogens with one attached hydrogen (secondary N) is 2. The molecule has 0 spiro atoms. The van der Waals surface area contributed by atoms with Crippen LogP contribution >= 0.6 is 0 Å². The van der Waals surface area contributed by atoms with E-state index in [2.05, 4.69) is 82.8 Å². The second kappa shape index (κ2) is 12.3. The quantitative estimate of drug-likeness (QED) is 0.195. The predicted molar refractivity (Wildman–Crippen MR) is 216 cm³/mol. The van der Waals surface area contributed by atoms with Crippen LogP contribution in [-0.4, -0.2) is 19.9 Å². The van der Waals surface area contributed by atoms with E-state index in [0.29, 0.717) is 0 Å². The van der Waals surface area contributed by atoms with Gasteiger partial charge in [0.25, 0.3) is 0 Å². The van der Waals surface area contributed by atoms with Crippen molar-refractivity contribution in [3.05, 3.63) is 118 Å². The first-order chi connectivity index (χ1) is 25.8. The number of aryl methyl sites for hydroxylation is 4. The standard InChI is InChI=1S/C48H46N4/c1-3-15-29(16-4-1)43-45-35-23-11-7-19-31(35)39(49-45)27-41-33-21-9-13-25-37(33)47(51-41)44(30-17-5-2-6-18-30)48-38-26-14-10-22-34(38)42(52-48)28-40-32-20-8-12-24-36(32)46(43)50-40/h1-6,15-18,27-28,49-50H,7-14,19-26H2. The number of nitrogens with zero attached hydrogens (tertiary/aromatic N) is 2. The summed E-state index contributed by atoms with van der Waals surface area (Å²) in [7, 11) is 0. The van der Waals surface area contributed by atoms with Gasteiger partial charge in [0.1, 0.15) is 0 Å². The Hall–Kier alpha value is -4.96. The van der Waals surface area contributed by atoms with Gasteiger partial charge in [-0.25, -0.2) is 9.97 Å². The first kappa shape index (κ1) is 30.6. The van der Waals surface area contributed by atoms with E-state index in [1.54, 1.807) is 0 Å². The Bertz CT molecular complexity index is 2370. The Morgan fingerprint density at radius 1 is 0.385 bits per heavy atom. The van der Waals surface area contributed by atoms with Gasteiger partial charge in [0, 0.05) is 22.2 Å². The molecule has 6 aliphatic rings. The first-order valence-corrected chi connectivity index (χ1v) is 20.2. The van der Waals surface area contributed by atoms with Crippen LogP contribution in [0.5, 0.6) is 0 Å². The summed E-state index contributed by atoms with van der Waals surface area (Å²) in [6, 6.07) is 27.2. The lowest BCUT2D eigenvalue weighted by molar-refractivity contribution is 0.695. The zero-order valence-corrected chi connectivity index (χ0v) is 30.1. The van der Waals surface area contributed by atoms with E-state index in [1.807, 2.05) is 0 Å². The van der Waals surface area contributed by atoms with Gasteiger partial charge >= 0.3 is 0 Å². The smallest absolute Gasteiger partial charge is 0.0772 e. The zero-order valence-electron chi connectivity index (χ0n) is 30.1. The molecule has 5 aromatic rings. The summed E-state index contributed by atoms with van der Waals surface area (Å²) in [6.45, 7) is 0. The molecule has 2 N–H and O–H groups in total. The summed E-state index contributed by atoms with van der Waals surface area (Å²) in [4.78, 5) is 19.7. The molecule has 11 rings (SSSR count). The minimum absolute atomic E-state index is 1.08. The van der Waals surface area contributed by atoms with Crippen molar-refractivity contribution < 1.29 is 0 Å². The number of H-pyrrole nitrogens is 2. The highest BCUT2D eigenvalue weighted by Crippen LogP contribution is 2.50. The fourth-order valence-corrected chi connectivity index (χ4v) is 10.5. The number of aromatic amines is 2. The molecular weight excluding hydrogens is 633 g/mol. The molecule has 0 saturated heterocycles. The second-order valence-electron chi connectivity index (χ2n) is 15.9. The van der Waals surface area contributed by atoms with Crippen LogP contribution in [0.25, 0.3) is 66.6 Å². The van der Waals surface area contributed by atoms with E-state index in [1.165, 1.54) is 163 Å². The van der Waals surface area contributed by atoms with Crippen molar-refractivity contribution in [2.45, 2.75) is 103 Å². The maximum Gasteiger partial charge on any atom is 0.0772 e. The van der Waals surface area contributed by atoms with Gasteiger partial charge in [-0.05, 0) is 171 Å². The zero-order chi connectivity index (χ0) is 34.2. The molecule has 4 aliphatic carbocycles. The lowest BCUT2D eigenvalue weighted by atomic mass is 9.84. The number of hydrogen-bond acceptors (Lipinski definition) is 2. The van der Waals surface area contributed by atoms with Crippen molar-refractivity contribution in [3.63, 3.8) is 0 Å². The fraction of sp³-hybridized carbons (Fsp3) is 0.333.